The fraction of sp³-hybridized carbons (Fsp3) is 0.516. The predicted molar refractivity (Wildman–Crippen MR) is 150 cm³/mol. The number of carbonyl (C=O) groups is 3. The molecule has 1 fully saturated rings. The Morgan fingerprint density at radius 2 is 1.68 bits per heavy atom. The number of aryl methyl sites for hydroxylation is 1. The average molecular weight is 519 g/mol. The summed E-state index contributed by atoms with van der Waals surface area (Å²) in [6, 6.07) is 17.9. The second-order valence-electron chi connectivity index (χ2n) is 11.8. The fourth-order valence-electron chi connectivity index (χ4n) is 6.03. The first kappa shape index (κ1) is 27.8. The summed E-state index contributed by atoms with van der Waals surface area (Å²) in [5.41, 5.74) is 8.47. The molecule has 7 nitrogen and oxygen atoms in total. The molecule has 38 heavy (non-hydrogen) atoms. The molecule has 1 saturated heterocycles. The summed E-state index contributed by atoms with van der Waals surface area (Å²) in [6.45, 7) is 4.52. The third kappa shape index (κ3) is 5.93. The molecule has 1 aliphatic heterocycles. The Labute approximate surface area is 226 Å². The molecule has 0 aromatic heterocycles. The molecule has 2 aliphatic rings. The van der Waals surface area contributed by atoms with Gasteiger partial charge >= 0.3 is 0 Å². The van der Waals surface area contributed by atoms with Gasteiger partial charge in [-0.2, -0.15) is 0 Å². The van der Waals surface area contributed by atoms with Crippen molar-refractivity contribution in [1.29, 1.82) is 0 Å². The highest BCUT2D eigenvalue weighted by Crippen LogP contribution is 2.52. The molecule has 0 saturated carbocycles. The Bertz CT molecular complexity index is 1150. The van der Waals surface area contributed by atoms with Gasteiger partial charge in [-0.3, -0.25) is 14.4 Å². The van der Waals surface area contributed by atoms with E-state index in [1.807, 2.05) is 49.3 Å². The molecule has 7 heteroatoms. The highest BCUT2D eigenvalue weighted by Gasteiger charge is 2.48. The van der Waals surface area contributed by atoms with Crippen LogP contribution >= 0.6 is 0 Å². The van der Waals surface area contributed by atoms with E-state index in [-0.39, 0.29) is 29.1 Å². The summed E-state index contributed by atoms with van der Waals surface area (Å²) in [4.78, 5) is 43.0. The third-order valence-corrected chi connectivity index (χ3v) is 8.26. The first-order chi connectivity index (χ1) is 18.0. The van der Waals surface area contributed by atoms with E-state index in [0.717, 1.165) is 37.7 Å². The van der Waals surface area contributed by atoms with Crippen molar-refractivity contribution >= 4 is 17.7 Å². The third-order valence-electron chi connectivity index (χ3n) is 8.26. The number of carbonyl (C=O) groups excluding carboxylic acids is 3. The molecule has 1 heterocycles. The Morgan fingerprint density at radius 1 is 1.05 bits per heavy atom. The number of hydrogen-bond donors (Lipinski definition) is 2. The largest absolute Gasteiger partial charge is 0.348 e. The number of nitrogens with zero attached hydrogens (tertiary/aromatic N) is 2. The first-order valence-corrected chi connectivity index (χ1v) is 13.7. The maximum atomic E-state index is 13.7. The second-order valence-corrected chi connectivity index (χ2v) is 11.8. The van der Waals surface area contributed by atoms with Crippen molar-refractivity contribution in [2.24, 2.45) is 5.73 Å². The van der Waals surface area contributed by atoms with Crippen LogP contribution in [0.2, 0.25) is 0 Å². The number of nitrogens with one attached hydrogen (secondary N) is 1. The molecular weight excluding hydrogens is 476 g/mol. The summed E-state index contributed by atoms with van der Waals surface area (Å²) in [5.74, 6) is -0.366. The molecule has 1 aliphatic carbocycles. The van der Waals surface area contributed by atoms with Gasteiger partial charge in [0.15, 0.2) is 0 Å². The zero-order chi connectivity index (χ0) is 27.5. The minimum Gasteiger partial charge on any atom is -0.348 e. The van der Waals surface area contributed by atoms with Crippen molar-refractivity contribution < 1.29 is 14.4 Å². The summed E-state index contributed by atoms with van der Waals surface area (Å²) >= 11 is 0. The lowest BCUT2D eigenvalue weighted by atomic mass is 9.73. The van der Waals surface area contributed by atoms with Crippen LogP contribution in [-0.4, -0.2) is 66.3 Å². The minimum absolute atomic E-state index is 0.0438. The number of hydrogen-bond acceptors (Lipinski definition) is 4. The van der Waals surface area contributed by atoms with Crippen molar-refractivity contribution in [1.82, 2.24) is 15.1 Å². The van der Waals surface area contributed by atoms with E-state index in [1.54, 1.807) is 18.7 Å². The highest BCUT2D eigenvalue weighted by molar-refractivity contribution is 5.91. The van der Waals surface area contributed by atoms with Gasteiger partial charge in [-0.1, -0.05) is 54.6 Å². The van der Waals surface area contributed by atoms with Crippen molar-refractivity contribution in [2.75, 3.05) is 27.2 Å². The van der Waals surface area contributed by atoms with E-state index in [1.165, 1.54) is 11.1 Å². The lowest BCUT2D eigenvalue weighted by Crippen LogP contribution is -2.57. The van der Waals surface area contributed by atoms with Crippen molar-refractivity contribution in [3.8, 4) is 0 Å². The maximum Gasteiger partial charge on any atom is 0.245 e. The summed E-state index contributed by atoms with van der Waals surface area (Å²) in [5, 5.41) is 2.95. The molecule has 3 N–H and O–H groups in total. The van der Waals surface area contributed by atoms with Crippen LogP contribution in [0.4, 0.5) is 0 Å². The minimum atomic E-state index is -1.06. The van der Waals surface area contributed by atoms with Gasteiger partial charge in [-0.25, -0.2) is 0 Å². The zero-order valence-corrected chi connectivity index (χ0v) is 23.2. The molecular formula is C31H42N4O3. The van der Waals surface area contributed by atoms with Gasteiger partial charge in [0.1, 0.15) is 6.04 Å². The number of rotatable bonds is 8. The number of benzene rings is 2. The lowest BCUT2D eigenvalue weighted by molar-refractivity contribution is -0.139. The lowest BCUT2D eigenvalue weighted by Gasteiger charge is -2.41. The topological polar surface area (TPSA) is 95.7 Å². The van der Waals surface area contributed by atoms with Crippen LogP contribution in [0, 0.1) is 0 Å². The Kier molecular flexibility index (Phi) is 8.26. The number of amides is 3. The van der Waals surface area contributed by atoms with E-state index in [4.69, 9.17) is 5.73 Å². The Balaban J connectivity index is 1.45. The molecule has 2 aromatic rings. The van der Waals surface area contributed by atoms with Gasteiger partial charge in [0.05, 0.1) is 11.5 Å². The van der Waals surface area contributed by atoms with Crippen LogP contribution in [0.5, 0.6) is 0 Å². The van der Waals surface area contributed by atoms with Gasteiger partial charge in [0.2, 0.25) is 17.7 Å². The van der Waals surface area contributed by atoms with Crippen LogP contribution in [-0.2, 0) is 26.2 Å². The van der Waals surface area contributed by atoms with Crippen molar-refractivity contribution in [3.63, 3.8) is 0 Å². The molecule has 0 bridgehead atoms. The van der Waals surface area contributed by atoms with Crippen LogP contribution in [0.25, 0.3) is 0 Å². The number of piperidine rings is 1. The first-order valence-electron chi connectivity index (χ1n) is 13.7. The predicted octanol–water partition coefficient (Wildman–Crippen LogP) is 3.37. The van der Waals surface area contributed by atoms with E-state index < -0.39 is 11.6 Å². The van der Waals surface area contributed by atoms with Gasteiger partial charge in [-0.05, 0) is 69.1 Å². The van der Waals surface area contributed by atoms with Crippen LogP contribution in [0.3, 0.4) is 0 Å². The second kappa shape index (κ2) is 11.3. The van der Waals surface area contributed by atoms with E-state index in [0.29, 0.717) is 19.5 Å². The van der Waals surface area contributed by atoms with E-state index >= 15 is 0 Å². The monoisotopic (exact) mass is 518 g/mol. The fourth-order valence-corrected chi connectivity index (χ4v) is 6.03. The normalized spacial score (nSPS) is 19.1. The number of fused-ring (bicyclic) bond motifs is 2. The van der Waals surface area contributed by atoms with E-state index in [2.05, 4.69) is 29.6 Å². The molecule has 204 valence electrons. The average Bonchev–Trinajstić information content (AvgIpc) is 3.21. The Hall–Kier alpha value is -3.19. The number of nitrogens with two attached hydrogens (primary N) is 1. The summed E-state index contributed by atoms with van der Waals surface area (Å²) in [6.07, 6.45) is 4.57. The number of likely N-dealkylation sites (N-methyl/N-ethyl adjacent to an activating group) is 1. The van der Waals surface area contributed by atoms with Crippen LogP contribution in [0.15, 0.2) is 54.6 Å². The molecule has 1 unspecified atom stereocenters. The quantitative estimate of drug-likeness (QED) is 0.560. The molecule has 2 atom stereocenters. The molecule has 4 rings (SSSR count). The van der Waals surface area contributed by atoms with Gasteiger partial charge in [-0.15, -0.1) is 0 Å². The molecule has 2 aromatic carbocycles. The number of likely N-dealkylation sites (tertiary alicyclic amines) is 1. The van der Waals surface area contributed by atoms with Crippen molar-refractivity contribution in [3.05, 3.63) is 71.3 Å². The Morgan fingerprint density at radius 3 is 2.32 bits per heavy atom. The summed E-state index contributed by atoms with van der Waals surface area (Å²) < 4.78 is 0. The smallest absolute Gasteiger partial charge is 0.245 e. The molecule has 3 amide bonds. The van der Waals surface area contributed by atoms with E-state index in [9.17, 15) is 14.4 Å². The van der Waals surface area contributed by atoms with Crippen LogP contribution in [0.1, 0.15) is 68.6 Å². The summed E-state index contributed by atoms with van der Waals surface area (Å²) in [7, 11) is 3.62. The SMILES string of the molecule is CN(C)C(=O)C1CC2(CCN(C(=O)[C@@H](CCCc3ccccc3)NC(=O)C(C)(C)N)CC2)c2ccccc21. The highest BCUT2D eigenvalue weighted by atomic mass is 16.2. The maximum absolute atomic E-state index is 13.7. The van der Waals surface area contributed by atoms with Crippen LogP contribution < -0.4 is 11.1 Å². The molecule has 0 radical (unpaired) electrons. The standard InChI is InChI=1S/C31H42N4O3/c1-30(2,32)29(38)33-26(16-10-13-22-11-6-5-7-12-22)28(37)35-19-17-31(18-20-35)21-24(27(36)34(3)4)23-14-8-9-15-25(23)31/h5-9,11-12,14-15,24,26H,10,13,16-21,32H2,1-4H3,(H,33,38)/t24?,26-/m1/s1. The van der Waals surface area contributed by atoms with Gasteiger partial charge in [0.25, 0.3) is 0 Å². The van der Waals surface area contributed by atoms with Crippen molar-refractivity contribution in [2.45, 2.75) is 75.3 Å². The van der Waals surface area contributed by atoms with Gasteiger partial charge < -0.3 is 20.9 Å². The zero-order valence-electron chi connectivity index (χ0n) is 23.2. The molecule has 1 spiro atoms. The van der Waals surface area contributed by atoms with Gasteiger partial charge in [0, 0.05) is 32.6 Å².